The second kappa shape index (κ2) is 5.50. The van der Waals surface area contributed by atoms with Crippen molar-refractivity contribution in [2.75, 3.05) is 0 Å². The molecule has 0 amide bonds. The predicted octanol–water partition coefficient (Wildman–Crippen LogP) is 3.39. The average Bonchev–Trinajstić information content (AvgIpc) is 2.66. The molecule has 1 unspecified atom stereocenters. The Labute approximate surface area is 111 Å². The predicted molar refractivity (Wildman–Crippen MR) is 73.0 cm³/mol. The Morgan fingerprint density at radius 2 is 2.06 bits per heavy atom. The van der Waals surface area contributed by atoms with Crippen LogP contribution in [0.15, 0.2) is 24.3 Å². The Kier molecular flexibility index (Phi) is 3.99. The summed E-state index contributed by atoms with van der Waals surface area (Å²) in [5, 5.41) is 10.6. The molecule has 96 valence electrons. The fourth-order valence-corrected chi connectivity index (χ4v) is 2.54. The lowest BCUT2D eigenvalue weighted by Crippen LogP contribution is -2.00. The Morgan fingerprint density at radius 1 is 1.33 bits per heavy atom. The molecule has 1 atom stereocenters. The van der Waals surface area contributed by atoms with E-state index in [9.17, 15) is 5.11 Å². The molecule has 1 aromatic heterocycles. The van der Waals surface area contributed by atoms with E-state index in [4.69, 9.17) is 4.74 Å². The summed E-state index contributed by atoms with van der Waals surface area (Å²) in [6, 6.07) is 7.54. The number of aryl methyl sites for hydroxylation is 2. The second-order valence-electron chi connectivity index (χ2n) is 4.25. The van der Waals surface area contributed by atoms with Gasteiger partial charge in [-0.2, -0.15) is 0 Å². The van der Waals surface area contributed by atoms with Crippen molar-refractivity contribution in [3.63, 3.8) is 0 Å². The molecule has 0 bridgehead atoms. The fourth-order valence-electron chi connectivity index (χ4n) is 1.70. The lowest BCUT2D eigenvalue weighted by atomic mass is 10.1. The SMILES string of the molecule is Cc1nc(COc2ccccc2C(C)O)sc1C. The van der Waals surface area contributed by atoms with Crippen LogP contribution in [0.1, 0.15) is 34.2 Å². The molecule has 3 nitrogen and oxygen atoms in total. The number of hydrogen-bond donors (Lipinski definition) is 1. The smallest absolute Gasteiger partial charge is 0.140 e. The van der Waals surface area contributed by atoms with Gasteiger partial charge in [-0.3, -0.25) is 0 Å². The molecule has 2 aromatic rings. The molecule has 0 spiro atoms. The van der Waals surface area contributed by atoms with Gasteiger partial charge in [-0.1, -0.05) is 18.2 Å². The first-order chi connectivity index (χ1) is 8.58. The summed E-state index contributed by atoms with van der Waals surface area (Å²) in [6.45, 7) is 6.24. The molecular formula is C14H17NO2S. The number of thiazole rings is 1. The number of rotatable bonds is 4. The van der Waals surface area contributed by atoms with Crippen LogP contribution in [-0.4, -0.2) is 10.1 Å². The van der Waals surface area contributed by atoms with Crippen molar-refractivity contribution in [3.8, 4) is 5.75 Å². The lowest BCUT2D eigenvalue weighted by molar-refractivity contribution is 0.190. The van der Waals surface area contributed by atoms with Crippen LogP contribution in [0.25, 0.3) is 0 Å². The van der Waals surface area contributed by atoms with Crippen molar-refractivity contribution in [3.05, 3.63) is 45.4 Å². The zero-order chi connectivity index (χ0) is 13.1. The molecule has 0 saturated carbocycles. The summed E-state index contributed by atoms with van der Waals surface area (Å²) in [5.74, 6) is 0.720. The molecule has 1 N–H and O–H groups in total. The van der Waals surface area contributed by atoms with Gasteiger partial charge in [0.05, 0.1) is 11.8 Å². The number of aromatic nitrogens is 1. The van der Waals surface area contributed by atoms with Crippen molar-refractivity contribution in [2.45, 2.75) is 33.5 Å². The van der Waals surface area contributed by atoms with Crippen molar-refractivity contribution in [1.82, 2.24) is 4.98 Å². The largest absolute Gasteiger partial charge is 0.486 e. The number of ether oxygens (including phenoxy) is 1. The summed E-state index contributed by atoms with van der Waals surface area (Å²) < 4.78 is 5.74. The number of para-hydroxylation sites is 1. The van der Waals surface area contributed by atoms with E-state index in [0.29, 0.717) is 6.61 Å². The highest BCUT2D eigenvalue weighted by molar-refractivity contribution is 7.11. The molecule has 0 radical (unpaired) electrons. The molecule has 4 heteroatoms. The van der Waals surface area contributed by atoms with Crippen LogP contribution in [0.3, 0.4) is 0 Å². The third-order valence-corrected chi connectivity index (χ3v) is 3.84. The Balaban J connectivity index is 2.10. The van der Waals surface area contributed by atoms with Crippen LogP contribution in [0.2, 0.25) is 0 Å². The van der Waals surface area contributed by atoms with Crippen LogP contribution in [-0.2, 0) is 6.61 Å². The third-order valence-electron chi connectivity index (χ3n) is 2.79. The first-order valence-corrected chi connectivity index (χ1v) is 6.72. The van der Waals surface area contributed by atoms with Gasteiger partial charge in [0.15, 0.2) is 0 Å². The average molecular weight is 263 g/mol. The van der Waals surface area contributed by atoms with E-state index in [0.717, 1.165) is 22.0 Å². The number of aliphatic hydroxyl groups is 1. The van der Waals surface area contributed by atoms with E-state index in [2.05, 4.69) is 11.9 Å². The number of hydrogen-bond acceptors (Lipinski definition) is 4. The topological polar surface area (TPSA) is 42.4 Å². The van der Waals surface area contributed by atoms with Crippen LogP contribution < -0.4 is 4.74 Å². The molecule has 2 rings (SSSR count). The minimum Gasteiger partial charge on any atom is -0.486 e. The van der Waals surface area contributed by atoms with Crippen LogP contribution in [0, 0.1) is 13.8 Å². The summed E-state index contributed by atoms with van der Waals surface area (Å²) in [4.78, 5) is 5.65. The highest BCUT2D eigenvalue weighted by atomic mass is 32.1. The lowest BCUT2D eigenvalue weighted by Gasteiger charge is -2.12. The van der Waals surface area contributed by atoms with Crippen molar-refractivity contribution >= 4 is 11.3 Å². The van der Waals surface area contributed by atoms with Gasteiger partial charge in [-0.05, 0) is 26.8 Å². The summed E-state index contributed by atoms with van der Waals surface area (Å²) in [6.07, 6.45) is -0.527. The molecule has 1 heterocycles. The van der Waals surface area contributed by atoms with E-state index in [-0.39, 0.29) is 0 Å². The van der Waals surface area contributed by atoms with E-state index < -0.39 is 6.10 Å². The van der Waals surface area contributed by atoms with Gasteiger partial charge in [0.25, 0.3) is 0 Å². The summed E-state index contributed by atoms with van der Waals surface area (Å²) in [7, 11) is 0. The van der Waals surface area contributed by atoms with E-state index in [1.165, 1.54) is 4.88 Å². The first kappa shape index (κ1) is 13.1. The minimum atomic E-state index is -0.527. The Morgan fingerprint density at radius 3 is 2.67 bits per heavy atom. The molecule has 1 aromatic carbocycles. The van der Waals surface area contributed by atoms with Gasteiger partial charge in [-0.25, -0.2) is 4.98 Å². The van der Waals surface area contributed by atoms with E-state index in [1.807, 2.05) is 31.2 Å². The van der Waals surface area contributed by atoms with Gasteiger partial charge in [0.1, 0.15) is 17.4 Å². The normalized spacial score (nSPS) is 12.4. The Hall–Kier alpha value is -1.39. The maximum absolute atomic E-state index is 9.66. The van der Waals surface area contributed by atoms with Crippen LogP contribution in [0.5, 0.6) is 5.75 Å². The van der Waals surface area contributed by atoms with Gasteiger partial charge in [0, 0.05) is 10.4 Å². The molecule has 0 fully saturated rings. The number of benzene rings is 1. The van der Waals surface area contributed by atoms with Crippen molar-refractivity contribution in [1.29, 1.82) is 0 Å². The molecule has 0 aliphatic rings. The minimum absolute atomic E-state index is 0.448. The van der Waals surface area contributed by atoms with Gasteiger partial charge in [0.2, 0.25) is 0 Å². The molecule has 0 aliphatic carbocycles. The van der Waals surface area contributed by atoms with Crippen LogP contribution >= 0.6 is 11.3 Å². The van der Waals surface area contributed by atoms with Gasteiger partial charge >= 0.3 is 0 Å². The second-order valence-corrected chi connectivity index (χ2v) is 5.54. The van der Waals surface area contributed by atoms with Crippen molar-refractivity contribution in [2.24, 2.45) is 0 Å². The first-order valence-electron chi connectivity index (χ1n) is 5.90. The molecular weight excluding hydrogens is 246 g/mol. The summed E-state index contributed by atoms with van der Waals surface area (Å²) in [5.41, 5.74) is 1.87. The monoisotopic (exact) mass is 263 g/mol. The number of nitrogens with zero attached hydrogens (tertiary/aromatic N) is 1. The van der Waals surface area contributed by atoms with Crippen LogP contribution in [0.4, 0.5) is 0 Å². The standard InChI is InChI=1S/C14H17NO2S/c1-9-11(3)18-14(15-9)8-17-13-7-5-4-6-12(13)10(2)16/h4-7,10,16H,8H2,1-3H3. The zero-order valence-corrected chi connectivity index (χ0v) is 11.6. The fraction of sp³-hybridized carbons (Fsp3) is 0.357. The van der Waals surface area contributed by atoms with E-state index in [1.54, 1.807) is 18.3 Å². The maximum Gasteiger partial charge on any atom is 0.140 e. The summed E-state index contributed by atoms with van der Waals surface area (Å²) >= 11 is 1.65. The molecule has 0 saturated heterocycles. The van der Waals surface area contributed by atoms with Crippen molar-refractivity contribution < 1.29 is 9.84 Å². The zero-order valence-electron chi connectivity index (χ0n) is 10.8. The van der Waals surface area contributed by atoms with E-state index >= 15 is 0 Å². The third kappa shape index (κ3) is 2.89. The number of aliphatic hydroxyl groups excluding tert-OH is 1. The maximum atomic E-state index is 9.66. The van der Waals surface area contributed by atoms with Gasteiger partial charge in [-0.15, -0.1) is 11.3 Å². The quantitative estimate of drug-likeness (QED) is 0.919. The highest BCUT2D eigenvalue weighted by Crippen LogP contribution is 2.26. The molecule has 18 heavy (non-hydrogen) atoms. The Bertz CT molecular complexity index is 515. The van der Waals surface area contributed by atoms with Gasteiger partial charge < -0.3 is 9.84 Å². The highest BCUT2D eigenvalue weighted by Gasteiger charge is 2.09. The molecule has 0 aliphatic heterocycles.